The number of hydrogen-bond donors (Lipinski definition) is 1. The molecule has 1 amide bonds. The molecule has 6 nitrogen and oxygen atoms in total. The van der Waals surface area contributed by atoms with Crippen LogP contribution >= 0.6 is 23.1 Å². The van der Waals surface area contributed by atoms with Gasteiger partial charge >= 0.3 is 0 Å². The van der Waals surface area contributed by atoms with Gasteiger partial charge in [0.05, 0.1) is 11.6 Å². The van der Waals surface area contributed by atoms with Crippen molar-refractivity contribution in [2.75, 3.05) is 13.2 Å². The van der Waals surface area contributed by atoms with Crippen LogP contribution in [0.15, 0.2) is 58.5 Å². The first-order chi connectivity index (χ1) is 17.1. The van der Waals surface area contributed by atoms with Crippen LogP contribution in [0.25, 0.3) is 20.3 Å². The van der Waals surface area contributed by atoms with Crippen molar-refractivity contribution < 1.29 is 13.9 Å². The molecule has 2 aromatic carbocycles. The Morgan fingerprint density at radius 3 is 2.89 bits per heavy atom. The van der Waals surface area contributed by atoms with E-state index in [2.05, 4.69) is 5.32 Å². The van der Waals surface area contributed by atoms with E-state index in [-0.39, 0.29) is 23.4 Å². The first-order valence-corrected chi connectivity index (χ1v) is 13.6. The zero-order valence-electron chi connectivity index (χ0n) is 19.2. The van der Waals surface area contributed by atoms with Gasteiger partial charge in [0.15, 0.2) is 5.16 Å². The molecule has 1 atom stereocenters. The molecule has 0 bridgehead atoms. The lowest BCUT2D eigenvalue weighted by Gasteiger charge is -2.13. The molecule has 1 aliphatic rings. The second kappa shape index (κ2) is 10.9. The Morgan fingerprint density at radius 2 is 2.06 bits per heavy atom. The van der Waals surface area contributed by atoms with Gasteiger partial charge in [-0.2, -0.15) is 0 Å². The Morgan fingerprint density at radius 1 is 1.23 bits per heavy atom. The molecule has 0 saturated carbocycles. The van der Waals surface area contributed by atoms with Crippen LogP contribution in [0.4, 0.5) is 4.39 Å². The minimum Gasteiger partial charge on any atom is -0.376 e. The minimum absolute atomic E-state index is 0.0509. The third kappa shape index (κ3) is 5.42. The van der Waals surface area contributed by atoms with E-state index in [1.54, 1.807) is 22.8 Å². The van der Waals surface area contributed by atoms with E-state index in [0.29, 0.717) is 52.6 Å². The van der Waals surface area contributed by atoms with E-state index in [4.69, 9.17) is 9.72 Å². The Labute approximate surface area is 210 Å². The number of ether oxygens (including phenoxy) is 1. The molecule has 182 valence electrons. The lowest BCUT2D eigenvalue weighted by Crippen LogP contribution is -2.32. The van der Waals surface area contributed by atoms with Crippen molar-refractivity contribution in [3.63, 3.8) is 0 Å². The second-order valence-electron chi connectivity index (χ2n) is 8.55. The molecule has 5 rings (SSSR count). The standard InChI is InChI=1S/C26H26FN3O3S2/c27-20-10-3-1-7-17(20)16-34-26-29-23-19-9-2-4-11-21(19)35-24(23)25(32)30(26)13-5-12-22(31)28-15-18-8-6-14-33-18/h1-4,7,9-11,18H,5-6,8,12-16H2,(H,28,31)/t18-/m1/s1. The van der Waals surface area contributed by atoms with E-state index in [9.17, 15) is 14.0 Å². The molecule has 1 aliphatic heterocycles. The monoisotopic (exact) mass is 511 g/mol. The van der Waals surface area contributed by atoms with Crippen LogP contribution in [0.3, 0.4) is 0 Å². The summed E-state index contributed by atoms with van der Waals surface area (Å²) < 4.78 is 23.0. The van der Waals surface area contributed by atoms with Gasteiger partial charge < -0.3 is 10.1 Å². The van der Waals surface area contributed by atoms with Gasteiger partial charge in [-0.05, 0) is 37.0 Å². The predicted molar refractivity (Wildman–Crippen MR) is 139 cm³/mol. The summed E-state index contributed by atoms with van der Waals surface area (Å²) >= 11 is 2.77. The molecule has 0 radical (unpaired) electrons. The molecular weight excluding hydrogens is 485 g/mol. The topological polar surface area (TPSA) is 73.2 Å². The van der Waals surface area contributed by atoms with Crippen molar-refractivity contribution in [1.82, 2.24) is 14.9 Å². The summed E-state index contributed by atoms with van der Waals surface area (Å²) in [4.78, 5) is 30.7. The molecule has 1 fully saturated rings. The van der Waals surface area contributed by atoms with Gasteiger partial charge in [0, 0.05) is 42.0 Å². The number of amides is 1. The lowest BCUT2D eigenvalue weighted by atomic mass is 10.2. The maximum absolute atomic E-state index is 14.2. The van der Waals surface area contributed by atoms with Gasteiger partial charge in [-0.25, -0.2) is 9.37 Å². The number of fused-ring (bicyclic) bond motifs is 3. The zero-order chi connectivity index (χ0) is 24.2. The zero-order valence-corrected chi connectivity index (χ0v) is 20.8. The molecular formula is C26H26FN3O3S2. The Bertz CT molecular complexity index is 1410. The van der Waals surface area contributed by atoms with Gasteiger partial charge in [0.25, 0.3) is 5.56 Å². The van der Waals surface area contributed by atoms with Crippen molar-refractivity contribution >= 4 is 49.3 Å². The molecule has 35 heavy (non-hydrogen) atoms. The maximum Gasteiger partial charge on any atom is 0.272 e. The van der Waals surface area contributed by atoms with Gasteiger partial charge in [0.2, 0.25) is 5.91 Å². The van der Waals surface area contributed by atoms with Crippen molar-refractivity contribution in [3.05, 3.63) is 70.3 Å². The third-order valence-corrected chi connectivity index (χ3v) is 8.27. The number of thioether (sulfide) groups is 1. The van der Waals surface area contributed by atoms with Gasteiger partial charge in [0.1, 0.15) is 10.5 Å². The number of aromatic nitrogens is 2. The summed E-state index contributed by atoms with van der Waals surface area (Å²) in [6.07, 6.45) is 2.91. The summed E-state index contributed by atoms with van der Waals surface area (Å²) in [5.41, 5.74) is 1.12. The largest absolute Gasteiger partial charge is 0.376 e. The minimum atomic E-state index is -0.279. The van der Waals surface area contributed by atoms with Crippen LogP contribution in [0.2, 0.25) is 0 Å². The number of benzene rings is 2. The highest BCUT2D eigenvalue weighted by molar-refractivity contribution is 7.98. The average Bonchev–Trinajstić information content (AvgIpc) is 3.52. The van der Waals surface area contributed by atoms with Crippen LogP contribution in [0.1, 0.15) is 31.2 Å². The second-order valence-corrected chi connectivity index (χ2v) is 10.5. The fraction of sp³-hybridized carbons (Fsp3) is 0.346. The van der Waals surface area contributed by atoms with Crippen LogP contribution in [0, 0.1) is 5.82 Å². The van der Waals surface area contributed by atoms with Gasteiger partial charge in [-0.3, -0.25) is 14.2 Å². The van der Waals surface area contributed by atoms with Crippen molar-refractivity contribution in [3.8, 4) is 0 Å². The Balaban J connectivity index is 1.37. The first-order valence-electron chi connectivity index (χ1n) is 11.8. The molecule has 4 aromatic rings. The molecule has 1 saturated heterocycles. The summed E-state index contributed by atoms with van der Waals surface area (Å²) in [6, 6.07) is 14.4. The van der Waals surface area contributed by atoms with Crippen molar-refractivity contribution in [2.45, 2.75) is 49.2 Å². The maximum atomic E-state index is 14.2. The summed E-state index contributed by atoms with van der Waals surface area (Å²) in [7, 11) is 0. The van der Waals surface area contributed by atoms with Crippen LogP contribution in [-0.4, -0.2) is 34.7 Å². The molecule has 2 aromatic heterocycles. The molecule has 3 heterocycles. The lowest BCUT2D eigenvalue weighted by molar-refractivity contribution is -0.121. The molecule has 9 heteroatoms. The molecule has 0 unspecified atom stereocenters. The third-order valence-electron chi connectivity index (χ3n) is 6.10. The van der Waals surface area contributed by atoms with Crippen LogP contribution < -0.4 is 10.9 Å². The number of rotatable bonds is 9. The van der Waals surface area contributed by atoms with E-state index in [0.717, 1.165) is 29.5 Å². The number of nitrogens with one attached hydrogen (secondary N) is 1. The van der Waals surface area contributed by atoms with Crippen LogP contribution in [0.5, 0.6) is 0 Å². The smallest absolute Gasteiger partial charge is 0.272 e. The summed E-state index contributed by atoms with van der Waals surface area (Å²) in [6.45, 7) is 1.64. The highest BCUT2D eigenvalue weighted by Crippen LogP contribution is 2.32. The van der Waals surface area contributed by atoms with Gasteiger partial charge in [-0.15, -0.1) is 11.3 Å². The average molecular weight is 512 g/mol. The molecule has 0 spiro atoms. The Hall–Kier alpha value is -2.75. The van der Waals surface area contributed by atoms with Gasteiger partial charge in [-0.1, -0.05) is 48.2 Å². The van der Waals surface area contributed by atoms with E-state index in [1.807, 2.05) is 24.3 Å². The van der Waals surface area contributed by atoms with E-state index < -0.39 is 0 Å². The van der Waals surface area contributed by atoms with Crippen molar-refractivity contribution in [2.24, 2.45) is 0 Å². The molecule has 0 aliphatic carbocycles. The SMILES string of the molecule is O=C(CCCn1c(SCc2ccccc2F)nc2c(sc3ccccc32)c1=O)NC[C@H]1CCCO1. The number of halogens is 1. The Kier molecular flexibility index (Phi) is 7.46. The number of thiophene rings is 1. The molecule has 1 N–H and O–H groups in total. The number of nitrogens with zero attached hydrogens (tertiary/aromatic N) is 2. The highest BCUT2D eigenvalue weighted by Gasteiger charge is 2.18. The fourth-order valence-electron chi connectivity index (χ4n) is 4.24. The number of carbonyl (C=O) groups is 1. The van der Waals surface area contributed by atoms with Crippen molar-refractivity contribution in [1.29, 1.82) is 0 Å². The highest BCUT2D eigenvalue weighted by atomic mass is 32.2. The fourth-order valence-corrected chi connectivity index (χ4v) is 6.33. The summed E-state index contributed by atoms with van der Waals surface area (Å²) in [5, 5.41) is 4.41. The quantitative estimate of drug-likeness (QED) is 0.250. The van der Waals surface area contributed by atoms with E-state index >= 15 is 0 Å². The number of hydrogen-bond acceptors (Lipinski definition) is 6. The van der Waals surface area contributed by atoms with E-state index in [1.165, 1.54) is 29.2 Å². The summed E-state index contributed by atoms with van der Waals surface area (Å²) in [5.74, 6) is 0.0260. The van der Waals surface area contributed by atoms with Crippen LogP contribution in [-0.2, 0) is 21.8 Å². The first kappa shape index (κ1) is 24.0. The number of carbonyl (C=O) groups excluding carboxylic acids is 1. The normalized spacial score (nSPS) is 15.7. The predicted octanol–water partition coefficient (Wildman–Crippen LogP) is 5.12.